The van der Waals surface area contributed by atoms with Crippen molar-refractivity contribution in [3.63, 3.8) is 0 Å². The van der Waals surface area contributed by atoms with Gasteiger partial charge in [-0.15, -0.1) is 5.10 Å². The van der Waals surface area contributed by atoms with Crippen LogP contribution in [0.3, 0.4) is 0 Å². The Morgan fingerprint density at radius 1 is 1.03 bits per heavy atom. The summed E-state index contributed by atoms with van der Waals surface area (Å²) in [6, 6.07) is 20.0. The predicted molar refractivity (Wildman–Crippen MR) is 122 cm³/mol. The van der Waals surface area contributed by atoms with Gasteiger partial charge in [-0.3, -0.25) is 4.79 Å². The molecule has 8 nitrogen and oxygen atoms in total. The van der Waals surface area contributed by atoms with Crippen LogP contribution in [0.4, 0.5) is 0 Å². The van der Waals surface area contributed by atoms with Gasteiger partial charge in [0.2, 0.25) is 11.6 Å². The number of carbonyl (C=O) groups excluding carboxylic acids is 1. The van der Waals surface area contributed by atoms with Gasteiger partial charge >= 0.3 is 0 Å². The third-order valence-corrected chi connectivity index (χ3v) is 6.01. The molecule has 6 rings (SSSR count). The summed E-state index contributed by atoms with van der Waals surface area (Å²) < 4.78 is 5.83. The fraction of sp³-hybridized carbons (Fsp3) is 0.200. The highest BCUT2D eigenvalue weighted by Gasteiger charge is 2.27. The Morgan fingerprint density at radius 3 is 2.52 bits per heavy atom. The number of hydrogen-bond donors (Lipinski definition) is 0. The largest absolute Gasteiger partial charge is 0.391 e. The molecule has 1 unspecified atom stereocenters. The number of fused-ring (bicyclic) bond motifs is 4. The first kappa shape index (κ1) is 19.6. The molecule has 2 aromatic heterocycles. The van der Waals surface area contributed by atoms with E-state index in [-0.39, 0.29) is 18.6 Å². The molecule has 1 amide bonds. The number of aromatic nitrogens is 4. The molecule has 2 aliphatic rings. The smallest absolute Gasteiger partial charge is 0.247 e. The maximum Gasteiger partial charge on any atom is 0.247 e. The number of carbonyl (C=O) groups is 1. The van der Waals surface area contributed by atoms with Gasteiger partial charge in [-0.1, -0.05) is 53.4 Å². The van der Waals surface area contributed by atoms with Gasteiger partial charge in [-0.25, -0.2) is 4.98 Å². The number of rotatable bonds is 4. The minimum Gasteiger partial charge on any atom is -0.391 e. The van der Waals surface area contributed by atoms with Gasteiger partial charge in [-0.2, -0.15) is 0 Å². The number of benzene rings is 2. The molecule has 0 bridgehead atoms. The standard InChI is InChI=1S/C25H21N5O3/c31-24(14-22-20-8-3-1-6-18(20)19-7-2-4-9-21(19)22)29-12-13-32-17(15-29)16-33-30-25-23(27-28-30)10-5-11-26-25/h1-11,14,17H,12-13,15-16H2. The van der Waals surface area contributed by atoms with E-state index in [0.717, 1.165) is 27.8 Å². The Hall–Kier alpha value is -4.04. The van der Waals surface area contributed by atoms with Crippen LogP contribution in [0.15, 0.2) is 72.9 Å². The van der Waals surface area contributed by atoms with Crippen LogP contribution in [0.2, 0.25) is 0 Å². The lowest BCUT2D eigenvalue weighted by Crippen LogP contribution is -2.47. The molecule has 33 heavy (non-hydrogen) atoms. The van der Waals surface area contributed by atoms with E-state index < -0.39 is 0 Å². The number of morpholine rings is 1. The fourth-order valence-electron chi connectivity index (χ4n) is 4.43. The van der Waals surface area contributed by atoms with E-state index in [2.05, 4.69) is 39.6 Å². The van der Waals surface area contributed by atoms with Gasteiger partial charge in [-0.05, 0) is 45.2 Å². The maximum atomic E-state index is 13.2. The summed E-state index contributed by atoms with van der Waals surface area (Å²) in [6.45, 7) is 1.66. The molecule has 1 atom stereocenters. The number of hydrogen-bond acceptors (Lipinski definition) is 6. The second kappa shape index (κ2) is 8.14. The third-order valence-electron chi connectivity index (χ3n) is 6.01. The van der Waals surface area contributed by atoms with Crippen molar-refractivity contribution in [2.75, 3.05) is 26.3 Å². The summed E-state index contributed by atoms with van der Waals surface area (Å²) in [5.74, 6) is -0.0299. The van der Waals surface area contributed by atoms with Gasteiger partial charge < -0.3 is 14.5 Å². The zero-order valence-electron chi connectivity index (χ0n) is 17.8. The maximum absolute atomic E-state index is 13.2. The third kappa shape index (κ3) is 3.54. The van der Waals surface area contributed by atoms with E-state index in [9.17, 15) is 4.79 Å². The summed E-state index contributed by atoms with van der Waals surface area (Å²) >= 11 is 0. The van der Waals surface area contributed by atoms with Crippen molar-refractivity contribution in [2.45, 2.75) is 6.10 Å². The zero-order valence-corrected chi connectivity index (χ0v) is 17.8. The molecule has 1 aliphatic heterocycles. The van der Waals surface area contributed by atoms with E-state index in [1.807, 2.05) is 35.2 Å². The molecule has 0 N–H and O–H groups in total. The minimum atomic E-state index is -0.271. The first-order valence-electron chi connectivity index (χ1n) is 10.9. The highest BCUT2D eigenvalue weighted by molar-refractivity contribution is 6.08. The average Bonchev–Trinajstić information content (AvgIpc) is 3.42. The van der Waals surface area contributed by atoms with Crippen LogP contribution in [0.25, 0.3) is 27.9 Å². The predicted octanol–water partition coefficient (Wildman–Crippen LogP) is 2.59. The van der Waals surface area contributed by atoms with Crippen LogP contribution >= 0.6 is 0 Å². The summed E-state index contributed by atoms with van der Waals surface area (Å²) in [7, 11) is 0. The number of pyridine rings is 1. The van der Waals surface area contributed by atoms with Gasteiger partial charge in [0.1, 0.15) is 18.2 Å². The van der Waals surface area contributed by atoms with Crippen LogP contribution in [0.1, 0.15) is 11.1 Å². The van der Waals surface area contributed by atoms with Crippen molar-refractivity contribution in [2.24, 2.45) is 0 Å². The molecule has 4 aromatic rings. The molecule has 0 saturated carbocycles. The second-order valence-electron chi connectivity index (χ2n) is 8.03. The molecular weight excluding hydrogens is 418 g/mol. The van der Waals surface area contributed by atoms with E-state index in [1.54, 1.807) is 18.3 Å². The quantitative estimate of drug-likeness (QED) is 0.401. The molecule has 1 saturated heterocycles. The van der Waals surface area contributed by atoms with E-state index in [1.165, 1.54) is 4.85 Å². The van der Waals surface area contributed by atoms with Crippen molar-refractivity contribution < 1.29 is 14.4 Å². The minimum absolute atomic E-state index is 0.0299. The Balaban J connectivity index is 1.19. The van der Waals surface area contributed by atoms with Gasteiger partial charge in [0.25, 0.3) is 0 Å². The molecule has 3 heterocycles. The highest BCUT2D eigenvalue weighted by Crippen LogP contribution is 2.43. The topological polar surface area (TPSA) is 82.4 Å². The highest BCUT2D eigenvalue weighted by atomic mass is 16.7. The lowest BCUT2D eigenvalue weighted by Gasteiger charge is -2.32. The summed E-state index contributed by atoms with van der Waals surface area (Å²) in [5.41, 5.74) is 6.66. The monoisotopic (exact) mass is 439 g/mol. The molecule has 1 fully saturated rings. The normalized spacial score (nSPS) is 17.0. The zero-order chi connectivity index (χ0) is 22.2. The Morgan fingerprint density at radius 2 is 1.76 bits per heavy atom. The van der Waals surface area contributed by atoms with Crippen molar-refractivity contribution in [3.05, 3.63) is 84.1 Å². The van der Waals surface area contributed by atoms with E-state index in [4.69, 9.17) is 9.57 Å². The number of amides is 1. The summed E-state index contributed by atoms with van der Waals surface area (Å²) in [5, 5.41) is 8.01. The van der Waals surface area contributed by atoms with Crippen LogP contribution in [0, 0.1) is 0 Å². The van der Waals surface area contributed by atoms with Crippen molar-refractivity contribution in [1.82, 2.24) is 25.0 Å². The second-order valence-corrected chi connectivity index (χ2v) is 8.03. The molecule has 1 aliphatic carbocycles. The molecule has 164 valence electrons. The van der Waals surface area contributed by atoms with E-state index >= 15 is 0 Å². The lowest BCUT2D eigenvalue weighted by molar-refractivity contribution is -0.136. The van der Waals surface area contributed by atoms with Crippen molar-refractivity contribution >= 4 is 22.6 Å². The molecule has 0 spiro atoms. The van der Waals surface area contributed by atoms with Crippen LogP contribution < -0.4 is 4.84 Å². The first-order valence-corrected chi connectivity index (χ1v) is 10.9. The molecular formula is C25H21N5O3. The molecule has 8 heteroatoms. The molecule has 0 radical (unpaired) electrons. The summed E-state index contributed by atoms with van der Waals surface area (Å²) in [4.78, 5) is 26.4. The van der Waals surface area contributed by atoms with Gasteiger partial charge in [0, 0.05) is 18.8 Å². The van der Waals surface area contributed by atoms with Crippen molar-refractivity contribution in [3.8, 4) is 11.1 Å². The lowest BCUT2D eigenvalue weighted by atomic mass is 10.0. The van der Waals surface area contributed by atoms with Gasteiger partial charge in [0.05, 0.1) is 13.2 Å². The molecule has 2 aromatic carbocycles. The SMILES string of the molecule is O=C(C=C1c2ccccc2-c2ccccc21)N1CCOC(COn2nnc3cccnc32)C1. The fourth-order valence-corrected chi connectivity index (χ4v) is 4.43. The number of nitrogens with zero attached hydrogens (tertiary/aromatic N) is 5. The Bertz CT molecular complexity index is 1330. The van der Waals surface area contributed by atoms with Crippen molar-refractivity contribution in [1.29, 1.82) is 0 Å². The Labute approximate surface area is 190 Å². The number of ether oxygens (including phenoxy) is 1. The van der Waals surface area contributed by atoms with E-state index in [0.29, 0.717) is 30.9 Å². The summed E-state index contributed by atoms with van der Waals surface area (Å²) in [6.07, 6.45) is 3.14. The van der Waals surface area contributed by atoms with Crippen LogP contribution in [-0.4, -0.2) is 63.4 Å². The van der Waals surface area contributed by atoms with Crippen LogP contribution in [-0.2, 0) is 9.53 Å². The van der Waals surface area contributed by atoms with Crippen LogP contribution in [0.5, 0.6) is 0 Å². The Kier molecular flexibility index (Phi) is 4.84. The average molecular weight is 439 g/mol. The first-order chi connectivity index (χ1) is 16.3. The van der Waals surface area contributed by atoms with Gasteiger partial charge in [0.15, 0.2) is 0 Å².